The Kier molecular flexibility index (Phi) is 7.33. The number of aromatic nitrogens is 1. The third-order valence-electron chi connectivity index (χ3n) is 5.44. The van der Waals surface area contributed by atoms with Crippen molar-refractivity contribution in [3.8, 4) is 11.5 Å². The van der Waals surface area contributed by atoms with E-state index in [2.05, 4.69) is 0 Å². The molecule has 1 atom stereocenters. The van der Waals surface area contributed by atoms with Gasteiger partial charge in [0, 0.05) is 10.4 Å². The monoisotopic (exact) mass is 498 g/mol. The summed E-state index contributed by atoms with van der Waals surface area (Å²) < 4.78 is 18.7. The fourth-order valence-corrected chi connectivity index (χ4v) is 5.71. The van der Waals surface area contributed by atoms with Crippen molar-refractivity contribution >= 4 is 34.7 Å². The molecule has 0 N–H and O–H groups in total. The molecule has 1 aliphatic rings. The van der Waals surface area contributed by atoms with Crippen LogP contribution in [0.1, 0.15) is 43.2 Å². The summed E-state index contributed by atoms with van der Waals surface area (Å²) in [6.07, 6.45) is 3.22. The molecule has 1 aliphatic heterocycles. The van der Waals surface area contributed by atoms with Gasteiger partial charge in [-0.25, -0.2) is 9.79 Å². The zero-order chi connectivity index (χ0) is 24.2. The van der Waals surface area contributed by atoms with E-state index in [1.807, 2.05) is 30.5 Å². The molecule has 9 heteroatoms. The molecular weight excluding hydrogens is 472 g/mol. The molecule has 0 aliphatic carbocycles. The first-order chi connectivity index (χ1) is 16.5. The number of thiophene rings is 1. The zero-order valence-electron chi connectivity index (χ0n) is 19.5. The van der Waals surface area contributed by atoms with Crippen LogP contribution in [0.2, 0.25) is 0 Å². The molecule has 1 aromatic carbocycles. The summed E-state index contributed by atoms with van der Waals surface area (Å²) >= 11 is 2.87. The van der Waals surface area contributed by atoms with Gasteiger partial charge in [-0.05, 0) is 49.1 Å². The highest BCUT2D eigenvalue weighted by atomic mass is 32.1. The Labute approximate surface area is 205 Å². The predicted molar refractivity (Wildman–Crippen MR) is 133 cm³/mol. The average molecular weight is 499 g/mol. The van der Waals surface area contributed by atoms with Gasteiger partial charge in [0.15, 0.2) is 4.80 Å². The van der Waals surface area contributed by atoms with Gasteiger partial charge < -0.3 is 14.2 Å². The van der Waals surface area contributed by atoms with Crippen molar-refractivity contribution in [3.05, 3.63) is 77.1 Å². The van der Waals surface area contributed by atoms with E-state index in [1.165, 1.54) is 11.3 Å². The van der Waals surface area contributed by atoms with Crippen LogP contribution in [0.5, 0.6) is 11.5 Å². The number of allylic oxidation sites excluding steroid dienone is 1. The number of hydrogen-bond donors (Lipinski definition) is 0. The van der Waals surface area contributed by atoms with Crippen LogP contribution in [0.3, 0.4) is 0 Å². The molecule has 34 heavy (non-hydrogen) atoms. The van der Waals surface area contributed by atoms with Crippen LogP contribution < -0.4 is 24.4 Å². The van der Waals surface area contributed by atoms with Gasteiger partial charge in [-0.1, -0.05) is 30.7 Å². The minimum absolute atomic E-state index is 0.215. The smallest absolute Gasteiger partial charge is 0.338 e. The lowest BCUT2D eigenvalue weighted by Crippen LogP contribution is -2.40. The van der Waals surface area contributed by atoms with Gasteiger partial charge in [0.05, 0.1) is 36.6 Å². The topological polar surface area (TPSA) is 79.1 Å². The van der Waals surface area contributed by atoms with E-state index >= 15 is 0 Å². The summed E-state index contributed by atoms with van der Waals surface area (Å²) in [5, 5.41) is 1.96. The van der Waals surface area contributed by atoms with Crippen LogP contribution in [0, 0.1) is 0 Å². The number of thiazole rings is 1. The van der Waals surface area contributed by atoms with E-state index in [0.29, 0.717) is 44.1 Å². The quantitative estimate of drug-likeness (QED) is 0.443. The molecule has 0 amide bonds. The second kappa shape index (κ2) is 10.4. The van der Waals surface area contributed by atoms with Gasteiger partial charge in [0.1, 0.15) is 17.5 Å². The van der Waals surface area contributed by atoms with Crippen LogP contribution in [0.4, 0.5) is 0 Å². The summed E-state index contributed by atoms with van der Waals surface area (Å²) in [5.74, 6) is 0.643. The number of hydrogen-bond acceptors (Lipinski definition) is 8. The van der Waals surface area contributed by atoms with Crippen LogP contribution in [-0.4, -0.2) is 31.4 Å². The van der Waals surface area contributed by atoms with E-state index in [-0.39, 0.29) is 12.2 Å². The van der Waals surface area contributed by atoms with Crippen LogP contribution in [0.15, 0.2) is 56.8 Å². The van der Waals surface area contributed by atoms with Gasteiger partial charge in [-0.15, -0.1) is 11.3 Å². The van der Waals surface area contributed by atoms with Crippen molar-refractivity contribution in [1.29, 1.82) is 0 Å². The summed E-state index contributed by atoms with van der Waals surface area (Å²) in [6, 6.07) is 8.50. The Morgan fingerprint density at radius 1 is 1.21 bits per heavy atom. The van der Waals surface area contributed by atoms with Gasteiger partial charge in [-0.2, -0.15) is 0 Å². The third kappa shape index (κ3) is 4.45. The molecule has 3 aromatic rings. The van der Waals surface area contributed by atoms with Gasteiger partial charge in [0.2, 0.25) is 0 Å². The van der Waals surface area contributed by atoms with Crippen LogP contribution >= 0.6 is 22.7 Å². The first kappa shape index (κ1) is 24.0. The third-order valence-corrected chi connectivity index (χ3v) is 7.24. The molecule has 4 rings (SSSR count). The lowest BCUT2D eigenvalue weighted by Gasteiger charge is -2.27. The number of nitrogens with zero attached hydrogens (tertiary/aromatic N) is 2. The largest absolute Gasteiger partial charge is 0.497 e. The van der Waals surface area contributed by atoms with Crippen molar-refractivity contribution in [2.75, 3.05) is 20.8 Å². The summed E-state index contributed by atoms with van der Waals surface area (Å²) in [7, 11) is 3.13. The van der Waals surface area contributed by atoms with Crippen molar-refractivity contribution in [2.24, 2.45) is 4.99 Å². The number of carbonyl (C=O) groups excluding carboxylic acids is 1. The maximum absolute atomic E-state index is 13.7. The molecule has 3 heterocycles. The molecule has 0 spiro atoms. The molecule has 0 radical (unpaired) electrons. The van der Waals surface area contributed by atoms with Crippen molar-refractivity contribution in [3.63, 3.8) is 0 Å². The normalized spacial score (nSPS) is 15.6. The van der Waals surface area contributed by atoms with E-state index in [0.717, 1.165) is 11.3 Å². The number of benzene rings is 1. The highest BCUT2D eigenvalue weighted by Crippen LogP contribution is 2.38. The van der Waals surface area contributed by atoms with Crippen molar-refractivity contribution < 1.29 is 19.0 Å². The molecule has 178 valence electrons. The first-order valence-corrected chi connectivity index (χ1v) is 12.7. The van der Waals surface area contributed by atoms with Gasteiger partial charge in [-0.3, -0.25) is 9.36 Å². The number of rotatable bonds is 8. The van der Waals surface area contributed by atoms with Crippen LogP contribution in [-0.2, 0) is 9.53 Å². The maximum atomic E-state index is 13.7. The van der Waals surface area contributed by atoms with Gasteiger partial charge >= 0.3 is 5.97 Å². The fourth-order valence-electron chi connectivity index (χ4n) is 3.97. The standard InChI is InChI=1S/C25H26N2O5S2/c1-5-8-18-21(24(29)32-6-2)22(17-13-15(30-3)10-11-19(17)31-4)27-23(28)20(34-25(27)26-18)14-16-9-7-12-33-16/h7,9-14,22H,5-6,8H2,1-4H3/b20-14-. The molecule has 0 saturated heterocycles. The zero-order valence-corrected chi connectivity index (χ0v) is 21.1. The van der Waals surface area contributed by atoms with E-state index in [1.54, 1.807) is 55.2 Å². The predicted octanol–water partition coefficient (Wildman–Crippen LogP) is 3.66. The summed E-state index contributed by atoms with van der Waals surface area (Å²) in [4.78, 5) is 33.3. The number of fused-ring (bicyclic) bond motifs is 1. The van der Waals surface area contributed by atoms with Crippen molar-refractivity contribution in [2.45, 2.75) is 32.7 Å². The van der Waals surface area contributed by atoms with E-state index in [4.69, 9.17) is 19.2 Å². The first-order valence-electron chi connectivity index (χ1n) is 11.0. The lowest BCUT2D eigenvalue weighted by atomic mass is 9.93. The lowest BCUT2D eigenvalue weighted by molar-refractivity contribution is -0.139. The number of carbonyl (C=O) groups is 1. The molecule has 0 fully saturated rings. The van der Waals surface area contributed by atoms with Gasteiger partial charge in [0.25, 0.3) is 5.56 Å². The van der Waals surface area contributed by atoms with E-state index < -0.39 is 12.0 Å². The van der Waals surface area contributed by atoms with Crippen LogP contribution in [0.25, 0.3) is 6.08 Å². The van der Waals surface area contributed by atoms with Crippen molar-refractivity contribution in [1.82, 2.24) is 4.57 Å². The molecule has 2 aromatic heterocycles. The molecule has 0 saturated carbocycles. The Bertz CT molecular complexity index is 1400. The molecule has 1 unspecified atom stereocenters. The highest BCUT2D eigenvalue weighted by Gasteiger charge is 2.36. The second-order valence-electron chi connectivity index (χ2n) is 7.54. The molecular formula is C25H26N2O5S2. The molecule has 0 bridgehead atoms. The Morgan fingerprint density at radius 2 is 2.03 bits per heavy atom. The average Bonchev–Trinajstić information content (AvgIpc) is 3.46. The number of methoxy groups -OCH3 is 2. The maximum Gasteiger partial charge on any atom is 0.338 e. The van der Waals surface area contributed by atoms with E-state index in [9.17, 15) is 9.59 Å². The Balaban J connectivity index is 2.07. The Morgan fingerprint density at radius 3 is 2.68 bits per heavy atom. The summed E-state index contributed by atoms with van der Waals surface area (Å²) in [5.41, 5.74) is 1.40. The molecule has 7 nitrogen and oxygen atoms in total. The number of ether oxygens (including phenoxy) is 3. The summed E-state index contributed by atoms with van der Waals surface area (Å²) in [6.45, 7) is 4.00. The Hall–Kier alpha value is -3.17. The second-order valence-corrected chi connectivity index (χ2v) is 9.53. The minimum Gasteiger partial charge on any atom is -0.497 e. The number of esters is 1. The minimum atomic E-state index is -0.757. The SMILES string of the molecule is CCCC1=C(C(=O)OCC)C(c2cc(OC)ccc2OC)n2c(s/c(=C\c3cccs3)c2=O)=N1. The highest BCUT2D eigenvalue weighted by molar-refractivity contribution is 7.11. The fraction of sp³-hybridized carbons (Fsp3) is 0.320.